The number of hydrogen-bond donors (Lipinski definition) is 0. The molecule has 1 aliphatic carbocycles. The molecule has 0 saturated heterocycles. The van der Waals surface area contributed by atoms with Gasteiger partial charge in [-0.1, -0.05) is 54.5 Å². The summed E-state index contributed by atoms with van der Waals surface area (Å²) in [7, 11) is 3.41. The molecule has 3 atom stereocenters. The zero-order valence-corrected chi connectivity index (χ0v) is 18.6. The first kappa shape index (κ1) is 21.3. The van der Waals surface area contributed by atoms with Gasteiger partial charge >= 0.3 is 0 Å². The van der Waals surface area contributed by atoms with Crippen LogP contribution >= 0.6 is 22.6 Å². The van der Waals surface area contributed by atoms with Gasteiger partial charge in [-0.2, -0.15) is 0 Å². The SMILES string of the molecule is C=C(C)[C@@H]1CCC(=O)C(I)[C@H]1c1c(OC)cc(CCCCC)cc1OC. The van der Waals surface area contributed by atoms with Crippen LogP contribution in [-0.4, -0.2) is 23.9 Å². The minimum atomic E-state index is -0.0863. The van der Waals surface area contributed by atoms with Crippen molar-refractivity contribution in [2.45, 2.75) is 62.2 Å². The number of carbonyl (C=O) groups excluding carboxylic acids is 1. The van der Waals surface area contributed by atoms with Crippen molar-refractivity contribution >= 4 is 28.4 Å². The van der Waals surface area contributed by atoms with Crippen LogP contribution in [0, 0.1) is 5.92 Å². The molecular weight excluding hydrogens is 439 g/mol. The lowest BCUT2D eigenvalue weighted by Crippen LogP contribution is -2.34. The van der Waals surface area contributed by atoms with E-state index in [0.29, 0.717) is 12.2 Å². The summed E-state index contributed by atoms with van der Waals surface area (Å²) in [5.41, 5.74) is 3.38. The Balaban J connectivity index is 2.50. The molecule has 1 fully saturated rings. The second-order valence-electron chi connectivity index (χ2n) is 7.26. The predicted octanol–water partition coefficient (Wildman–Crippen LogP) is 5.88. The number of allylic oxidation sites excluding steroid dienone is 1. The van der Waals surface area contributed by atoms with Gasteiger partial charge in [0.2, 0.25) is 0 Å². The lowest BCUT2D eigenvalue weighted by molar-refractivity contribution is -0.120. The molecule has 0 radical (unpaired) electrons. The van der Waals surface area contributed by atoms with E-state index in [0.717, 1.165) is 41.9 Å². The molecule has 0 aromatic heterocycles. The number of hydrogen-bond acceptors (Lipinski definition) is 3. The standard InChI is InChI=1S/C22H31IO3/c1-6-7-8-9-15-12-18(25-4)21(19(13-15)26-5)20-16(14(2)3)10-11-17(24)22(20)23/h12-13,16,20,22H,2,6-11H2,1,3-5H3/t16-,20+,22?/m0/s1. The van der Waals surface area contributed by atoms with Crippen LogP contribution in [0.4, 0.5) is 0 Å². The van der Waals surface area contributed by atoms with E-state index < -0.39 is 0 Å². The van der Waals surface area contributed by atoms with Crippen LogP contribution in [0.15, 0.2) is 24.3 Å². The van der Waals surface area contributed by atoms with Crippen molar-refractivity contribution in [3.05, 3.63) is 35.4 Å². The number of ketones is 1. The Bertz CT molecular complexity index is 628. The molecule has 1 aliphatic rings. The fourth-order valence-corrected chi connectivity index (χ4v) is 5.14. The van der Waals surface area contributed by atoms with Crippen molar-refractivity contribution in [1.29, 1.82) is 0 Å². The molecule has 0 spiro atoms. The Morgan fingerprint density at radius 2 is 1.85 bits per heavy atom. The van der Waals surface area contributed by atoms with E-state index in [1.54, 1.807) is 14.2 Å². The summed E-state index contributed by atoms with van der Waals surface area (Å²) in [6.45, 7) is 8.47. The molecule has 1 unspecified atom stereocenters. The van der Waals surface area contributed by atoms with Gasteiger partial charge in [0.25, 0.3) is 0 Å². The molecule has 144 valence electrons. The number of Topliss-reactive ketones (excluding diaryl/α,β-unsaturated/α-hetero) is 1. The van der Waals surface area contributed by atoms with Gasteiger partial charge in [-0.25, -0.2) is 0 Å². The molecule has 2 rings (SSSR count). The molecule has 0 aliphatic heterocycles. The summed E-state index contributed by atoms with van der Waals surface area (Å²) >= 11 is 2.30. The minimum Gasteiger partial charge on any atom is -0.496 e. The first-order chi connectivity index (χ1) is 12.4. The van der Waals surface area contributed by atoms with Gasteiger partial charge in [-0.3, -0.25) is 4.79 Å². The van der Waals surface area contributed by atoms with Crippen LogP contribution < -0.4 is 9.47 Å². The van der Waals surface area contributed by atoms with E-state index >= 15 is 0 Å². The molecule has 26 heavy (non-hydrogen) atoms. The normalized spacial score (nSPS) is 23.0. The quantitative estimate of drug-likeness (QED) is 0.206. The zero-order valence-electron chi connectivity index (χ0n) is 16.4. The highest BCUT2D eigenvalue weighted by atomic mass is 127. The molecule has 0 amide bonds. The Kier molecular flexibility index (Phi) is 7.99. The van der Waals surface area contributed by atoms with Crippen molar-refractivity contribution in [3.8, 4) is 11.5 Å². The molecule has 3 nitrogen and oxygen atoms in total. The van der Waals surface area contributed by atoms with Gasteiger partial charge in [0, 0.05) is 17.9 Å². The largest absolute Gasteiger partial charge is 0.496 e. The van der Waals surface area contributed by atoms with E-state index in [4.69, 9.17) is 9.47 Å². The van der Waals surface area contributed by atoms with Crippen molar-refractivity contribution in [1.82, 2.24) is 0 Å². The summed E-state index contributed by atoms with van der Waals surface area (Å²) in [5.74, 6) is 2.29. The molecule has 1 aromatic carbocycles. The molecular formula is C22H31IO3. The highest BCUT2D eigenvalue weighted by molar-refractivity contribution is 14.1. The fraction of sp³-hybridized carbons (Fsp3) is 0.591. The van der Waals surface area contributed by atoms with Crippen LogP contribution in [0.3, 0.4) is 0 Å². The highest BCUT2D eigenvalue weighted by Gasteiger charge is 2.41. The minimum absolute atomic E-state index is 0.0453. The predicted molar refractivity (Wildman–Crippen MR) is 116 cm³/mol. The van der Waals surface area contributed by atoms with Gasteiger partial charge in [-0.05, 0) is 49.8 Å². The maximum Gasteiger partial charge on any atom is 0.146 e. The first-order valence-corrected chi connectivity index (χ1v) is 10.8. The molecule has 1 saturated carbocycles. The number of benzene rings is 1. The van der Waals surface area contributed by atoms with Gasteiger partial charge in [0.15, 0.2) is 0 Å². The van der Waals surface area contributed by atoms with Gasteiger partial charge in [0.1, 0.15) is 17.3 Å². The maximum atomic E-state index is 12.5. The lowest BCUT2D eigenvalue weighted by atomic mass is 9.71. The Morgan fingerprint density at radius 3 is 2.35 bits per heavy atom. The van der Waals surface area contributed by atoms with Crippen LogP contribution in [0.25, 0.3) is 0 Å². The monoisotopic (exact) mass is 470 g/mol. The first-order valence-electron chi connectivity index (χ1n) is 9.51. The van der Waals surface area contributed by atoms with Crippen LogP contribution in [0.5, 0.6) is 11.5 Å². The summed E-state index contributed by atoms with van der Waals surface area (Å²) in [5, 5.41) is 0. The number of aryl methyl sites for hydroxylation is 1. The number of ether oxygens (including phenoxy) is 2. The second-order valence-corrected chi connectivity index (χ2v) is 8.60. The van der Waals surface area contributed by atoms with Crippen LogP contribution in [0.2, 0.25) is 0 Å². The molecule has 0 heterocycles. The Hall–Kier alpha value is -1.04. The average molecular weight is 470 g/mol. The molecule has 4 heteroatoms. The van der Waals surface area contributed by atoms with Crippen LogP contribution in [-0.2, 0) is 11.2 Å². The Labute approximate surface area is 171 Å². The number of halogens is 1. The van der Waals surface area contributed by atoms with E-state index in [1.165, 1.54) is 18.4 Å². The average Bonchev–Trinajstić information content (AvgIpc) is 2.63. The topological polar surface area (TPSA) is 35.5 Å². The third kappa shape index (κ3) is 4.62. The van der Waals surface area contributed by atoms with E-state index in [2.05, 4.69) is 55.2 Å². The molecule has 0 bridgehead atoms. The van der Waals surface area contributed by atoms with Crippen LogP contribution in [0.1, 0.15) is 63.0 Å². The zero-order chi connectivity index (χ0) is 19.3. The van der Waals surface area contributed by atoms with E-state index in [9.17, 15) is 4.79 Å². The van der Waals surface area contributed by atoms with Crippen molar-refractivity contribution in [2.75, 3.05) is 14.2 Å². The van der Waals surface area contributed by atoms with Gasteiger partial charge in [0.05, 0.1) is 18.1 Å². The highest BCUT2D eigenvalue weighted by Crippen LogP contribution is 2.49. The number of unbranched alkanes of at least 4 members (excludes halogenated alkanes) is 2. The van der Waals surface area contributed by atoms with Crippen molar-refractivity contribution < 1.29 is 14.3 Å². The van der Waals surface area contributed by atoms with E-state index in [-0.39, 0.29) is 15.8 Å². The van der Waals surface area contributed by atoms with Gasteiger partial charge in [-0.15, -0.1) is 0 Å². The van der Waals surface area contributed by atoms with Crippen molar-refractivity contribution in [2.24, 2.45) is 5.92 Å². The lowest BCUT2D eigenvalue weighted by Gasteiger charge is -2.37. The molecule has 0 N–H and O–H groups in total. The maximum absolute atomic E-state index is 12.5. The molecule has 1 aromatic rings. The summed E-state index contributed by atoms with van der Waals surface area (Å²) in [4.78, 5) is 12.5. The fourth-order valence-electron chi connectivity index (χ4n) is 3.96. The summed E-state index contributed by atoms with van der Waals surface area (Å²) in [6, 6.07) is 4.26. The van der Waals surface area contributed by atoms with E-state index in [1.807, 2.05) is 0 Å². The van der Waals surface area contributed by atoms with Crippen molar-refractivity contribution in [3.63, 3.8) is 0 Å². The number of alkyl halides is 1. The Morgan fingerprint density at radius 1 is 1.23 bits per heavy atom. The summed E-state index contributed by atoms with van der Waals surface area (Å²) in [6.07, 6.45) is 6.07. The smallest absolute Gasteiger partial charge is 0.146 e. The number of carbonyl (C=O) groups is 1. The summed E-state index contributed by atoms with van der Waals surface area (Å²) < 4.78 is 11.5. The second kappa shape index (κ2) is 9.77. The third-order valence-corrected chi connectivity index (χ3v) is 6.87. The number of rotatable bonds is 8. The van der Waals surface area contributed by atoms with Gasteiger partial charge < -0.3 is 9.47 Å². The number of methoxy groups -OCH3 is 2. The third-order valence-electron chi connectivity index (χ3n) is 5.40.